The minimum Gasteiger partial charge on any atom is -0.497 e. The number of hydrazone groups is 1. The SMILES string of the molecule is COc1ccc2[nH]c(C(=O)O)c(/C=N\NC(N)=S)c2c1. The van der Waals surface area contributed by atoms with Gasteiger partial charge in [0.25, 0.3) is 0 Å². The topological polar surface area (TPSA) is 113 Å². The number of nitrogens with zero attached hydrogens (tertiary/aromatic N) is 1. The van der Waals surface area contributed by atoms with Gasteiger partial charge in [0, 0.05) is 16.5 Å². The number of nitrogens with one attached hydrogen (secondary N) is 2. The van der Waals surface area contributed by atoms with E-state index in [0.717, 1.165) is 0 Å². The molecule has 0 radical (unpaired) electrons. The van der Waals surface area contributed by atoms with Crippen molar-refractivity contribution in [1.29, 1.82) is 0 Å². The number of aromatic nitrogens is 1. The maximum atomic E-state index is 11.2. The molecule has 7 nitrogen and oxygen atoms in total. The van der Waals surface area contributed by atoms with Crippen LogP contribution >= 0.6 is 12.2 Å². The molecular weight excluding hydrogens is 280 g/mol. The van der Waals surface area contributed by atoms with Crippen LogP contribution < -0.4 is 15.9 Å². The van der Waals surface area contributed by atoms with Gasteiger partial charge < -0.3 is 20.6 Å². The molecular formula is C12H12N4O3S. The molecule has 0 atom stereocenters. The molecule has 5 N–H and O–H groups in total. The van der Waals surface area contributed by atoms with Crippen LogP contribution in [0.5, 0.6) is 5.75 Å². The summed E-state index contributed by atoms with van der Waals surface area (Å²) in [4.78, 5) is 14.1. The van der Waals surface area contributed by atoms with Crippen molar-refractivity contribution in [2.45, 2.75) is 0 Å². The van der Waals surface area contributed by atoms with E-state index < -0.39 is 5.97 Å². The van der Waals surface area contributed by atoms with Gasteiger partial charge in [-0.2, -0.15) is 5.10 Å². The van der Waals surface area contributed by atoms with Crippen molar-refractivity contribution in [3.63, 3.8) is 0 Å². The Morgan fingerprint density at radius 2 is 2.35 bits per heavy atom. The van der Waals surface area contributed by atoms with Crippen molar-refractivity contribution in [3.05, 3.63) is 29.5 Å². The Morgan fingerprint density at radius 1 is 1.60 bits per heavy atom. The van der Waals surface area contributed by atoms with Gasteiger partial charge in [0.1, 0.15) is 11.4 Å². The predicted octanol–water partition coefficient (Wildman–Crippen LogP) is 1.04. The van der Waals surface area contributed by atoms with Crippen molar-refractivity contribution in [1.82, 2.24) is 10.4 Å². The Morgan fingerprint density at radius 3 is 2.95 bits per heavy atom. The van der Waals surface area contributed by atoms with E-state index in [1.807, 2.05) is 0 Å². The fraction of sp³-hybridized carbons (Fsp3) is 0.0833. The molecule has 2 aromatic rings. The first-order valence-electron chi connectivity index (χ1n) is 5.54. The van der Waals surface area contributed by atoms with E-state index in [2.05, 4.69) is 27.7 Å². The third-order valence-electron chi connectivity index (χ3n) is 2.63. The van der Waals surface area contributed by atoms with Crippen LogP contribution in [0, 0.1) is 0 Å². The highest BCUT2D eigenvalue weighted by atomic mass is 32.1. The fourth-order valence-electron chi connectivity index (χ4n) is 1.78. The average molecular weight is 292 g/mol. The molecule has 1 aromatic carbocycles. The number of fused-ring (bicyclic) bond motifs is 1. The molecule has 1 aromatic heterocycles. The number of carboxylic acid groups (broad SMARTS) is 1. The van der Waals surface area contributed by atoms with Crippen LogP contribution in [0.15, 0.2) is 23.3 Å². The average Bonchev–Trinajstić information content (AvgIpc) is 2.76. The molecule has 0 saturated heterocycles. The number of aromatic carboxylic acids is 1. The molecule has 1 heterocycles. The summed E-state index contributed by atoms with van der Waals surface area (Å²) >= 11 is 4.62. The predicted molar refractivity (Wildman–Crippen MR) is 79.3 cm³/mol. The van der Waals surface area contributed by atoms with E-state index in [0.29, 0.717) is 22.2 Å². The van der Waals surface area contributed by atoms with Crippen LogP contribution in [0.2, 0.25) is 0 Å². The molecule has 0 aliphatic rings. The largest absolute Gasteiger partial charge is 0.497 e. The fourth-order valence-corrected chi connectivity index (χ4v) is 1.83. The van der Waals surface area contributed by atoms with Gasteiger partial charge in [-0.1, -0.05) is 0 Å². The number of thiocarbonyl (C=S) groups is 1. The number of carbonyl (C=O) groups is 1. The maximum Gasteiger partial charge on any atom is 0.353 e. The van der Waals surface area contributed by atoms with Gasteiger partial charge in [0.15, 0.2) is 5.11 Å². The molecule has 0 saturated carbocycles. The van der Waals surface area contributed by atoms with Crippen molar-refractivity contribution >= 4 is 40.4 Å². The smallest absolute Gasteiger partial charge is 0.353 e. The summed E-state index contributed by atoms with van der Waals surface area (Å²) in [6.45, 7) is 0. The van der Waals surface area contributed by atoms with Crippen molar-refractivity contribution in [2.75, 3.05) is 7.11 Å². The van der Waals surface area contributed by atoms with Crippen LogP contribution in [0.1, 0.15) is 16.1 Å². The standard InChI is InChI=1S/C12H12N4O3S/c1-19-6-2-3-9-7(4-6)8(5-14-16-12(13)20)10(15-9)11(17)18/h2-5,15H,1H3,(H,17,18)(H3,13,16,20)/b14-5-. The molecule has 20 heavy (non-hydrogen) atoms. The molecule has 8 heteroatoms. The van der Waals surface area contributed by atoms with Crippen molar-refractivity contribution in [2.24, 2.45) is 10.8 Å². The van der Waals surface area contributed by atoms with E-state index in [1.54, 1.807) is 18.2 Å². The molecule has 2 rings (SSSR count). The minimum atomic E-state index is -1.09. The lowest BCUT2D eigenvalue weighted by Crippen LogP contribution is -2.24. The summed E-state index contributed by atoms with van der Waals surface area (Å²) in [7, 11) is 1.54. The van der Waals surface area contributed by atoms with Crippen LogP contribution in [0.3, 0.4) is 0 Å². The highest BCUT2D eigenvalue weighted by molar-refractivity contribution is 7.80. The van der Waals surface area contributed by atoms with E-state index in [1.165, 1.54) is 13.3 Å². The number of ether oxygens (including phenoxy) is 1. The lowest BCUT2D eigenvalue weighted by Gasteiger charge is -1.99. The van der Waals surface area contributed by atoms with Crippen LogP contribution in [-0.4, -0.2) is 34.5 Å². The van der Waals surface area contributed by atoms with Gasteiger partial charge in [0.2, 0.25) is 0 Å². The summed E-state index contributed by atoms with van der Waals surface area (Å²) in [5, 5.41) is 13.7. The first-order valence-corrected chi connectivity index (χ1v) is 5.95. The van der Waals surface area contributed by atoms with Gasteiger partial charge in [0.05, 0.1) is 13.3 Å². The lowest BCUT2D eigenvalue weighted by atomic mass is 10.1. The molecule has 0 unspecified atom stereocenters. The van der Waals surface area contributed by atoms with Gasteiger partial charge in [-0.15, -0.1) is 0 Å². The van der Waals surface area contributed by atoms with E-state index in [4.69, 9.17) is 10.5 Å². The van der Waals surface area contributed by atoms with Crippen molar-refractivity contribution in [3.8, 4) is 5.75 Å². The first kappa shape index (κ1) is 13.8. The number of H-pyrrole nitrogens is 1. The third-order valence-corrected chi connectivity index (χ3v) is 2.72. The zero-order valence-electron chi connectivity index (χ0n) is 10.5. The second kappa shape index (κ2) is 5.57. The van der Waals surface area contributed by atoms with Gasteiger partial charge >= 0.3 is 5.97 Å². The van der Waals surface area contributed by atoms with Crippen LogP contribution in [0.4, 0.5) is 0 Å². The Hall–Kier alpha value is -2.61. The third kappa shape index (κ3) is 2.69. The lowest BCUT2D eigenvalue weighted by molar-refractivity contribution is 0.0691. The Bertz CT molecular complexity index is 708. The number of hydrogen-bond donors (Lipinski definition) is 4. The van der Waals surface area contributed by atoms with Gasteiger partial charge in [-0.05, 0) is 30.4 Å². The number of aromatic amines is 1. The van der Waals surface area contributed by atoms with E-state index in [-0.39, 0.29) is 10.8 Å². The van der Waals surface area contributed by atoms with Crippen molar-refractivity contribution < 1.29 is 14.6 Å². The second-order valence-corrected chi connectivity index (χ2v) is 4.30. The quantitative estimate of drug-likeness (QED) is 0.380. The number of nitrogens with two attached hydrogens (primary N) is 1. The molecule has 0 amide bonds. The summed E-state index contributed by atoms with van der Waals surface area (Å²) in [5.41, 5.74) is 8.74. The highest BCUT2D eigenvalue weighted by Crippen LogP contribution is 2.25. The minimum absolute atomic E-state index is 0.00412. The summed E-state index contributed by atoms with van der Waals surface area (Å²) in [5.74, 6) is -0.470. The maximum absolute atomic E-state index is 11.2. The Labute approximate surface area is 119 Å². The Kier molecular flexibility index (Phi) is 3.85. The number of carboxylic acids is 1. The number of rotatable bonds is 4. The monoisotopic (exact) mass is 292 g/mol. The molecule has 0 aliphatic heterocycles. The number of hydrogen-bond acceptors (Lipinski definition) is 4. The molecule has 104 valence electrons. The summed E-state index contributed by atoms with van der Waals surface area (Å²) < 4.78 is 5.13. The summed E-state index contributed by atoms with van der Waals surface area (Å²) in [6, 6.07) is 5.19. The second-order valence-electron chi connectivity index (χ2n) is 3.86. The summed E-state index contributed by atoms with van der Waals surface area (Å²) in [6.07, 6.45) is 1.35. The Balaban J connectivity index is 2.57. The van der Waals surface area contributed by atoms with E-state index in [9.17, 15) is 9.90 Å². The molecule has 0 spiro atoms. The number of benzene rings is 1. The van der Waals surface area contributed by atoms with Crippen LogP contribution in [-0.2, 0) is 0 Å². The zero-order valence-corrected chi connectivity index (χ0v) is 11.3. The molecule has 0 fully saturated rings. The zero-order chi connectivity index (χ0) is 14.7. The highest BCUT2D eigenvalue weighted by Gasteiger charge is 2.16. The van der Waals surface area contributed by atoms with Gasteiger partial charge in [-0.3, -0.25) is 5.43 Å². The normalized spacial score (nSPS) is 10.8. The van der Waals surface area contributed by atoms with Crippen LogP contribution in [0.25, 0.3) is 10.9 Å². The molecule has 0 aliphatic carbocycles. The van der Waals surface area contributed by atoms with Gasteiger partial charge in [-0.25, -0.2) is 4.79 Å². The van der Waals surface area contributed by atoms with E-state index >= 15 is 0 Å². The first-order chi connectivity index (χ1) is 9.52. The number of methoxy groups -OCH3 is 1. The molecule has 0 bridgehead atoms.